The molecule has 176 valence electrons. The molecule has 0 bridgehead atoms. The number of ether oxygens (including phenoxy) is 2. The third-order valence-corrected chi connectivity index (χ3v) is 5.63. The van der Waals surface area contributed by atoms with Gasteiger partial charge in [-0.3, -0.25) is 0 Å². The summed E-state index contributed by atoms with van der Waals surface area (Å²) in [6.45, 7) is 0. The summed E-state index contributed by atoms with van der Waals surface area (Å²) < 4.78 is 51.1. The van der Waals surface area contributed by atoms with E-state index in [1.165, 1.54) is 31.4 Å². The van der Waals surface area contributed by atoms with E-state index in [1.54, 1.807) is 36.4 Å². The number of nitrogens with zero attached hydrogens (tertiary/aromatic N) is 2. The van der Waals surface area contributed by atoms with Gasteiger partial charge in [-0.25, -0.2) is 4.98 Å². The van der Waals surface area contributed by atoms with Crippen molar-refractivity contribution in [3.8, 4) is 45.8 Å². The average Bonchev–Trinajstić information content (AvgIpc) is 2.84. The van der Waals surface area contributed by atoms with Crippen LogP contribution in [-0.2, 0) is 6.18 Å². The molecule has 0 N–H and O–H groups in total. The Morgan fingerprint density at radius 3 is 2.23 bits per heavy atom. The maximum absolute atomic E-state index is 13.3. The number of benzene rings is 3. The maximum atomic E-state index is 13.3. The van der Waals surface area contributed by atoms with Crippen molar-refractivity contribution in [3.63, 3.8) is 0 Å². The zero-order valence-electron chi connectivity index (χ0n) is 18.0. The fourth-order valence-electron chi connectivity index (χ4n) is 3.38. The number of alkyl halides is 3. The van der Waals surface area contributed by atoms with Crippen molar-refractivity contribution in [2.75, 3.05) is 7.11 Å². The molecule has 3 aromatic carbocycles. The standard InChI is InChI=1S/C26H15Cl2F3N2O2/c1-34-18-6-8-19(9-7-18)35-25-22(14-32)21(20-10-5-17(27)12-23(20)28)13-24(33-25)15-3-2-4-16(11-15)26(29,30)31/h2-13H,1H3. The van der Waals surface area contributed by atoms with E-state index in [0.29, 0.717) is 27.6 Å². The summed E-state index contributed by atoms with van der Waals surface area (Å²) in [7, 11) is 1.52. The topological polar surface area (TPSA) is 55.1 Å². The van der Waals surface area contributed by atoms with E-state index in [2.05, 4.69) is 11.1 Å². The number of nitriles is 1. The minimum absolute atomic E-state index is 0.0563. The lowest BCUT2D eigenvalue weighted by molar-refractivity contribution is -0.137. The summed E-state index contributed by atoms with van der Waals surface area (Å²) in [5, 5.41) is 10.6. The molecule has 0 fully saturated rings. The van der Waals surface area contributed by atoms with Crippen LogP contribution < -0.4 is 9.47 Å². The van der Waals surface area contributed by atoms with Crippen LogP contribution in [-0.4, -0.2) is 12.1 Å². The minimum atomic E-state index is -4.53. The Bertz CT molecular complexity index is 1430. The Kier molecular flexibility index (Phi) is 6.88. The van der Waals surface area contributed by atoms with Crippen molar-refractivity contribution in [1.29, 1.82) is 5.26 Å². The van der Waals surface area contributed by atoms with Crippen LogP contribution in [0.1, 0.15) is 11.1 Å². The van der Waals surface area contributed by atoms with Gasteiger partial charge in [0.25, 0.3) is 0 Å². The number of methoxy groups -OCH3 is 1. The summed E-state index contributed by atoms with van der Waals surface area (Å²) in [4.78, 5) is 4.40. The van der Waals surface area contributed by atoms with E-state index in [9.17, 15) is 18.4 Å². The first-order chi connectivity index (χ1) is 16.7. The smallest absolute Gasteiger partial charge is 0.416 e. The Balaban J connectivity index is 1.93. The van der Waals surface area contributed by atoms with E-state index < -0.39 is 11.7 Å². The highest BCUT2D eigenvalue weighted by atomic mass is 35.5. The van der Waals surface area contributed by atoms with Crippen molar-refractivity contribution in [1.82, 2.24) is 4.98 Å². The fourth-order valence-corrected chi connectivity index (χ4v) is 3.89. The van der Waals surface area contributed by atoms with Crippen LogP contribution in [0.2, 0.25) is 10.0 Å². The number of pyridine rings is 1. The highest BCUT2D eigenvalue weighted by Gasteiger charge is 2.30. The van der Waals surface area contributed by atoms with Gasteiger partial charge < -0.3 is 9.47 Å². The molecule has 9 heteroatoms. The van der Waals surface area contributed by atoms with Crippen LogP contribution in [0.4, 0.5) is 13.2 Å². The van der Waals surface area contributed by atoms with Crippen LogP contribution in [0, 0.1) is 11.3 Å². The van der Waals surface area contributed by atoms with Crippen LogP contribution in [0.3, 0.4) is 0 Å². The van der Waals surface area contributed by atoms with Gasteiger partial charge in [0, 0.05) is 26.7 Å². The number of aromatic nitrogens is 1. The molecule has 4 rings (SSSR count). The van der Waals surface area contributed by atoms with E-state index in [0.717, 1.165) is 12.1 Å². The first-order valence-electron chi connectivity index (χ1n) is 10.1. The Hall–Kier alpha value is -3.73. The first kappa shape index (κ1) is 24.4. The van der Waals surface area contributed by atoms with Crippen molar-refractivity contribution < 1.29 is 22.6 Å². The summed E-state index contributed by atoms with van der Waals surface area (Å²) in [5.74, 6) is 0.856. The predicted molar refractivity (Wildman–Crippen MR) is 128 cm³/mol. The molecular formula is C26H15Cl2F3N2O2. The van der Waals surface area contributed by atoms with Gasteiger partial charge in [0.05, 0.1) is 18.4 Å². The van der Waals surface area contributed by atoms with Crippen LogP contribution >= 0.6 is 23.2 Å². The highest BCUT2D eigenvalue weighted by molar-refractivity contribution is 6.36. The maximum Gasteiger partial charge on any atom is 0.416 e. The molecule has 0 aliphatic heterocycles. The molecule has 0 saturated heterocycles. The lowest BCUT2D eigenvalue weighted by Crippen LogP contribution is -2.05. The third-order valence-electron chi connectivity index (χ3n) is 5.08. The lowest BCUT2D eigenvalue weighted by atomic mass is 9.98. The summed E-state index contributed by atoms with van der Waals surface area (Å²) >= 11 is 12.4. The summed E-state index contributed by atoms with van der Waals surface area (Å²) in [6.07, 6.45) is -4.53. The minimum Gasteiger partial charge on any atom is -0.497 e. The van der Waals surface area contributed by atoms with Crippen LogP contribution in [0.5, 0.6) is 17.4 Å². The number of hydrogen-bond acceptors (Lipinski definition) is 4. The fraction of sp³-hybridized carbons (Fsp3) is 0.0769. The van der Waals surface area contributed by atoms with Gasteiger partial charge >= 0.3 is 6.18 Å². The van der Waals surface area contributed by atoms with Gasteiger partial charge in [-0.05, 0) is 54.6 Å². The molecule has 0 radical (unpaired) electrons. The van der Waals surface area contributed by atoms with E-state index in [4.69, 9.17) is 32.7 Å². The largest absolute Gasteiger partial charge is 0.497 e. The van der Waals surface area contributed by atoms with Crippen LogP contribution in [0.15, 0.2) is 72.8 Å². The molecule has 0 amide bonds. The van der Waals surface area contributed by atoms with Gasteiger partial charge in [-0.15, -0.1) is 0 Å². The Labute approximate surface area is 209 Å². The average molecular weight is 515 g/mol. The van der Waals surface area contributed by atoms with Gasteiger partial charge in [-0.2, -0.15) is 18.4 Å². The SMILES string of the molecule is COc1ccc(Oc2nc(-c3cccc(C(F)(F)F)c3)cc(-c3ccc(Cl)cc3Cl)c2C#N)cc1. The summed E-state index contributed by atoms with van der Waals surface area (Å²) in [5.41, 5.74) is 0.364. The second-order valence-corrected chi connectivity index (χ2v) is 8.17. The van der Waals surface area contributed by atoms with Crippen molar-refractivity contribution in [3.05, 3.63) is 94.0 Å². The highest BCUT2D eigenvalue weighted by Crippen LogP contribution is 2.40. The van der Waals surface area contributed by atoms with E-state index >= 15 is 0 Å². The first-order valence-corrected chi connectivity index (χ1v) is 10.9. The number of hydrogen-bond donors (Lipinski definition) is 0. The van der Waals surface area contributed by atoms with Gasteiger partial charge in [0.1, 0.15) is 23.1 Å². The zero-order valence-corrected chi connectivity index (χ0v) is 19.5. The van der Waals surface area contributed by atoms with E-state index in [1.807, 2.05) is 0 Å². The Morgan fingerprint density at radius 2 is 1.60 bits per heavy atom. The molecule has 0 aliphatic carbocycles. The Morgan fingerprint density at radius 1 is 0.886 bits per heavy atom. The van der Waals surface area contributed by atoms with E-state index in [-0.39, 0.29) is 27.7 Å². The lowest BCUT2D eigenvalue weighted by Gasteiger charge is -2.15. The molecule has 0 spiro atoms. The van der Waals surface area contributed by atoms with Crippen molar-refractivity contribution in [2.24, 2.45) is 0 Å². The molecule has 35 heavy (non-hydrogen) atoms. The van der Waals surface area contributed by atoms with Crippen molar-refractivity contribution in [2.45, 2.75) is 6.18 Å². The summed E-state index contributed by atoms with van der Waals surface area (Å²) in [6, 6.07) is 19.6. The molecule has 1 aromatic heterocycles. The van der Waals surface area contributed by atoms with Gasteiger partial charge in [0.2, 0.25) is 5.88 Å². The molecule has 4 nitrogen and oxygen atoms in total. The second-order valence-electron chi connectivity index (χ2n) is 7.33. The molecule has 0 unspecified atom stereocenters. The van der Waals surface area contributed by atoms with Gasteiger partial charge in [0.15, 0.2) is 0 Å². The monoisotopic (exact) mass is 514 g/mol. The molecule has 0 saturated carbocycles. The normalized spacial score (nSPS) is 11.1. The van der Waals surface area contributed by atoms with Crippen LogP contribution in [0.25, 0.3) is 22.4 Å². The molecule has 4 aromatic rings. The van der Waals surface area contributed by atoms with Crippen molar-refractivity contribution >= 4 is 23.2 Å². The predicted octanol–water partition coefficient (Wildman–Crippen LogP) is 8.41. The quantitative estimate of drug-likeness (QED) is 0.268. The molecular weight excluding hydrogens is 500 g/mol. The molecule has 1 heterocycles. The zero-order chi connectivity index (χ0) is 25.2. The number of rotatable bonds is 5. The third kappa shape index (κ3) is 5.35. The molecule has 0 aliphatic rings. The second kappa shape index (κ2) is 9.87. The number of halogens is 5. The van der Waals surface area contributed by atoms with Gasteiger partial charge in [-0.1, -0.05) is 41.4 Å². The molecule has 0 atom stereocenters.